The summed E-state index contributed by atoms with van der Waals surface area (Å²) in [7, 11) is 4.14. The first kappa shape index (κ1) is 15.6. The van der Waals surface area contributed by atoms with Crippen molar-refractivity contribution < 1.29 is 0 Å². The Kier molecular flexibility index (Phi) is 5.03. The minimum Gasteiger partial charge on any atom is -0.378 e. The summed E-state index contributed by atoms with van der Waals surface area (Å²) in [5.41, 5.74) is 6.49. The molecule has 21 heavy (non-hydrogen) atoms. The molecular weight excluding hydrogens is 256 g/mol. The van der Waals surface area contributed by atoms with Crippen molar-refractivity contribution in [1.82, 2.24) is 5.32 Å². The molecule has 0 fully saturated rings. The summed E-state index contributed by atoms with van der Waals surface area (Å²) in [5, 5.41) is 3.48. The maximum Gasteiger partial charge on any atom is 0.0361 e. The minimum atomic E-state index is 0.508. The lowest BCUT2D eigenvalue weighted by molar-refractivity contribution is 0.589. The molecule has 0 saturated heterocycles. The lowest BCUT2D eigenvalue weighted by Crippen LogP contribution is -2.21. The van der Waals surface area contributed by atoms with Gasteiger partial charge in [-0.05, 0) is 47.4 Å². The molecule has 2 aromatic rings. The molecule has 0 saturated carbocycles. The van der Waals surface area contributed by atoms with E-state index in [1.165, 1.54) is 27.9 Å². The van der Waals surface area contributed by atoms with E-state index in [1.54, 1.807) is 0 Å². The van der Waals surface area contributed by atoms with Crippen LogP contribution >= 0.6 is 0 Å². The zero-order valence-electron chi connectivity index (χ0n) is 13.8. The summed E-state index contributed by atoms with van der Waals surface area (Å²) in [5.74, 6) is 0. The Hall–Kier alpha value is -1.80. The Labute approximate surface area is 128 Å². The molecule has 2 heteroatoms. The molecule has 0 aromatic heterocycles. The highest BCUT2D eigenvalue weighted by molar-refractivity contribution is 5.70. The Morgan fingerprint density at radius 1 is 1.00 bits per heavy atom. The normalized spacial score (nSPS) is 11.0. The van der Waals surface area contributed by atoms with Crippen molar-refractivity contribution in [3.05, 3.63) is 53.6 Å². The largest absolute Gasteiger partial charge is 0.378 e. The fourth-order valence-corrected chi connectivity index (χ4v) is 2.35. The van der Waals surface area contributed by atoms with Crippen molar-refractivity contribution in [2.45, 2.75) is 33.4 Å². The Balaban J connectivity index is 2.27. The third kappa shape index (κ3) is 4.08. The van der Waals surface area contributed by atoms with E-state index in [1.807, 2.05) is 0 Å². The smallest absolute Gasteiger partial charge is 0.0361 e. The molecule has 0 heterocycles. The highest BCUT2D eigenvalue weighted by atomic mass is 15.1. The van der Waals surface area contributed by atoms with E-state index < -0.39 is 0 Å². The van der Waals surface area contributed by atoms with E-state index in [4.69, 9.17) is 0 Å². The molecule has 0 radical (unpaired) electrons. The second kappa shape index (κ2) is 6.77. The van der Waals surface area contributed by atoms with Crippen molar-refractivity contribution >= 4 is 5.69 Å². The van der Waals surface area contributed by atoms with Crippen LogP contribution in [-0.2, 0) is 6.54 Å². The summed E-state index contributed by atoms with van der Waals surface area (Å²) in [6.45, 7) is 7.44. The maximum absolute atomic E-state index is 3.48. The topological polar surface area (TPSA) is 15.3 Å². The van der Waals surface area contributed by atoms with Crippen molar-refractivity contribution in [3.63, 3.8) is 0 Å². The van der Waals surface area contributed by atoms with Gasteiger partial charge < -0.3 is 10.2 Å². The third-order valence-electron chi connectivity index (χ3n) is 3.71. The predicted molar refractivity (Wildman–Crippen MR) is 92.9 cm³/mol. The number of rotatable bonds is 5. The van der Waals surface area contributed by atoms with E-state index in [0.717, 1.165) is 6.54 Å². The van der Waals surface area contributed by atoms with Crippen molar-refractivity contribution in [2.75, 3.05) is 19.0 Å². The minimum absolute atomic E-state index is 0.508. The average Bonchev–Trinajstić information content (AvgIpc) is 2.46. The Bertz CT molecular complexity index is 583. The molecule has 0 spiro atoms. The average molecular weight is 282 g/mol. The van der Waals surface area contributed by atoms with Crippen molar-refractivity contribution in [3.8, 4) is 11.1 Å². The van der Waals surface area contributed by atoms with E-state index in [2.05, 4.69) is 87.5 Å². The van der Waals surface area contributed by atoms with Gasteiger partial charge in [-0.25, -0.2) is 0 Å². The van der Waals surface area contributed by atoms with Crippen LogP contribution in [0, 0.1) is 6.92 Å². The van der Waals surface area contributed by atoms with Gasteiger partial charge in [0.25, 0.3) is 0 Å². The lowest BCUT2D eigenvalue weighted by Gasteiger charge is -2.15. The second-order valence-corrected chi connectivity index (χ2v) is 6.13. The number of nitrogens with zero attached hydrogens (tertiary/aromatic N) is 1. The number of hydrogen-bond donors (Lipinski definition) is 1. The number of aryl methyl sites for hydroxylation is 1. The molecule has 2 nitrogen and oxygen atoms in total. The fourth-order valence-electron chi connectivity index (χ4n) is 2.35. The zero-order valence-corrected chi connectivity index (χ0v) is 13.8. The van der Waals surface area contributed by atoms with Crippen molar-refractivity contribution in [1.29, 1.82) is 0 Å². The van der Waals surface area contributed by atoms with Crippen LogP contribution in [0.25, 0.3) is 11.1 Å². The third-order valence-corrected chi connectivity index (χ3v) is 3.71. The molecule has 0 aliphatic carbocycles. The van der Waals surface area contributed by atoms with Gasteiger partial charge in [-0.15, -0.1) is 0 Å². The van der Waals surface area contributed by atoms with Crippen LogP contribution in [0.4, 0.5) is 5.69 Å². The second-order valence-electron chi connectivity index (χ2n) is 6.13. The first-order valence-electron chi connectivity index (χ1n) is 7.58. The molecule has 0 atom stereocenters. The highest BCUT2D eigenvalue weighted by Crippen LogP contribution is 2.26. The van der Waals surface area contributed by atoms with Gasteiger partial charge in [-0.3, -0.25) is 0 Å². The van der Waals surface area contributed by atoms with Gasteiger partial charge in [0.05, 0.1) is 0 Å². The molecule has 1 N–H and O–H groups in total. The summed E-state index contributed by atoms with van der Waals surface area (Å²) < 4.78 is 0. The Morgan fingerprint density at radius 2 is 1.67 bits per heavy atom. The standard InChI is InChI=1S/C19H26N2/c1-14(2)20-13-16-7-6-15(3)19(12-16)17-8-10-18(11-9-17)21(4)5/h6-12,14,20H,13H2,1-5H3. The van der Waals surface area contributed by atoms with E-state index in [-0.39, 0.29) is 0 Å². The van der Waals surface area contributed by atoms with E-state index in [9.17, 15) is 0 Å². The molecule has 0 aliphatic heterocycles. The summed E-state index contributed by atoms with van der Waals surface area (Å²) >= 11 is 0. The summed E-state index contributed by atoms with van der Waals surface area (Å²) in [6.07, 6.45) is 0. The molecule has 0 bridgehead atoms. The van der Waals surface area contributed by atoms with Crippen LogP contribution in [0.2, 0.25) is 0 Å². The molecule has 112 valence electrons. The van der Waals surface area contributed by atoms with Gasteiger partial charge in [0.2, 0.25) is 0 Å². The molecule has 2 aromatic carbocycles. The van der Waals surface area contributed by atoms with Gasteiger partial charge >= 0.3 is 0 Å². The monoisotopic (exact) mass is 282 g/mol. The number of nitrogens with one attached hydrogen (secondary N) is 1. The van der Waals surface area contributed by atoms with Gasteiger partial charge in [0.1, 0.15) is 0 Å². The highest BCUT2D eigenvalue weighted by Gasteiger charge is 2.05. The summed E-state index contributed by atoms with van der Waals surface area (Å²) in [6, 6.07) is 16.0. The molecule has 0 unspecified atom stereocenters. The quantitative estimate of drug-likeness (QED) is 0.883. The lowest BCUT2D eigenvalue weighted by atomic mass is 9.97. The van der Waals surface area contributed by atoms with E-state index >= 15 is 0 Å². The molecule has 2 rings (SSSR count). The zero-order chi connectivity index (χ0) is 15.4. The van der Waals surface area contributed by atoms with Crippen LogP contribution in [0.1, 0.15) is 25.0 Å². The van der Waals surface area contributed by atoms with E-state index in [0.29, 0.717) is 6.04 Å². The van der Waals surface area contributed by atoms with Gasteiger partial charge in [0, 0.05) is 32.4 Å². The molecule has 0 amide bonds. The summed E-state index contributed by atoms with van der Waals surface area (Å²) in [4.78, 5) is 2.12. The number of benzene rings is 2. The van der Waals surface area contributed by atoms with Gasteiger partial charge in [-0.2, -0.15) is 0 Å². The van der Waals surface area contributed by atoms with Crippen LogP contribution in [0.15, 0.2) is 42.5 Å². The maximum atomic E-state index is 3.48. The first-order valence-corrected chi connectivity index (χ1v) is 7.58. The SMILES string of the molecule is Cc1ccc(CNC(C)C)cc1-c1ccc(N(C)C)cc1. The van der Waals surface area contributed by atoms with Crippen LogP contribution in [-0.4, -0.2) is 20.1 Å². The number of hydrogen-bond acceptors (Lipinski definition) is 2. The molecular formula is C19H26N2. The van der Waals surface area contributed by atoms with Crippen LogP contribution < -0.4 is 10.2 Å². The first-order chi connectivity index (χ1) is 9.97. The van der Waals surface area contributed by atoms with Crippen molar-refractivity contribution in [2.24, 2.45) is 0 Å². The van der Waals surface area contributed by atoms with Crippen LogP contribution in [0.5, 0.6) is 0 Å². The molecule has 0 aliphatic rings. The number of anilines is 1. The van der Waals surface area contributed by atoms with Crippen LogP contribution in [0.3, 0.4) is 0 Å². The van der Waals surface area contributed by atoms with Gasteiger partial charge in [-0.1, -0.05) is 38.1 Å². The predicted octanol–water partition coefficient (Wildman–Crippen LogP) is 4.23. The fraction of sp³-hybridized carbons (Fsp3) is 0.368. The Morgan fingerprint density at radius 3 is 2.24 bits per heavy atom. The van der Waals surface area contributed by atoms with Gasteiger partial charge in [0.15, 0.2) is 0 Å².